The molecule has 0 atom stereocenters. The molecule has 1 heterocycles. The van der Waals surface area contributed by atoms with E-state index in [1.165, 1.54) is 23.5 Å². The molecule has 0 spiro atoms. The van der Waals surface area contributed by atoms with E-state index in [1.807, 2.05) is 0 Å². The van der Waals surface area contributed by atoms with Crippen LogP contribution in [0.4, 0.5) is 10.1 Å². The molecule has 0 bridgehead atoms. The van der Waals surface area contributed by atoms with Crippen LogP contribution in [0.3, 0.4) is 0 Å². The molecule has 102 valence electrons. The second-order valence-corrected chi connectivity index (χ2v) is 5.22. The summed E-state index contributed by atoms with van der Waals surface area (Å²) in [5.41, 5.74) is 6.20. The number of benzene rings is 1. The summed E-state index contributed by atoms with van der Waals surface area (Å²) in [7, 11) is 0. The van der Waals surface area contributed by atoms with Crippen LogP contribution in [0.15, 0.2) is 18.2 Å². The summed E-state index contributed by atoms with van der Waals surface area (Å²) in [4.78, 5) is 12.4. The number of aliphatic hydroxyl groups excluding tert-OH is 1. The lowest BCUT2D eigenvalue weighted by Crippen LogP contribution is -2.24. The van der Waals surface area contributed by atoms with Gasteiger partial charge >= 0.3 is 0 Å². The molecule has 0 saturated carbocycles. The number of aliphatic hydroxyl groups is 1. The number of amides is 1. The van der Waals surface area contributed by atoms with E-state index >= 15 is 0 Å². The Morgan fingerprint density at radius 2 is 2.21 bits per heavy atom. The molecular formula is C13H15FN2O2S. The Bertz CT molecular complexity index is 598. The number of carbonyl (C=O) groups excluding carboxylic acids is 1. The van der Waals surface area contributed by atoms with Crippen LogP contribution in [0.25, 0.3) is 10.1 Å². The third-order valence-electron chi connectivity index (χ3n) is 2.77. The van der Waals surface area contributed by atoms with E-state index in [4.69, 9.17) is 10.8 Å². The maximum absolute atomic E-state index is 13.1. The van der Waals surface area contributed by atoms with Gasteiger partial charge in [0, 0.05) is 23.2 Å². The summed E-state index contributed by atoms with van der Waals surface area (Å²) < 4.78 is 13.9. The Morgan fingerprint density at radius 1 is 1.42 bits per heavy atom. The Morgan fingerprint density at radius 3 is 2.95 bits per heavy atom. The molecule has 2 aromatic rings. The smallest absolute Gasteiger partial charge is 0.263 e. The van der Waals surface area contributed by atoms with Crippen LogP contribution < -0.4 is 11.1 Å². The fourth-order valence-corrected chi connectivity index (χ4v) is 2.80. The van der Waals surface area contributed by atoms with Crippen molar-refractivity contribution in [3.8, 4) is 0 Å². The van der Waals surface area contributed by atoms with Crippen molar-refractivity contribution in [2.75, 3.05) is 18.9 Å². The van der Waals surface area contributed by atoms with Crippen LogP contribution in [0.1, 0.15) is 22.5 Å². The molecule has 1 aromatic heterocycles. The van der Waals surface area contributed by atoms with Crippen LogP contribution in [0.2, 0.25) is 0 Å². The highest BCUT2D eigenvalue weighted by atomic mass is 32.1. The van der Waals surface area contributed by atoms with E-state index in [2.05, 4.69) is 5.32 Å². The number of thiophene rings is 1. The van der Waals surface area contributed by atoms with Crippen LogP contribution >= 0.6 is 11.3 Å². The van der Waals surface area contributed by atoms with E-state index in [9.17, 15) is 9.18 Å². The maximum Gasteiger partial charge on any atom is 0.263 e. The normalized spacial score (nSPS) is 10.8. The van der Waals surface area contributed by atoms with Crippen LogP contribution in [-0.4, -0.2) is 24.2 Å². The molecule has 6 heteroatoms. The maximum atomic E-state index is 13.1. The summed E-state index contributed by atoms with van der Waals surface area (Å²) >= 11 is 1.25. The quantitative estimate of drug-likeness (QED) is 0.735. The average Bonchev–Trinajstić information content (AvgIpc) is 2.72. The van der Waals surface area contributed by atoms with Gasteiger partial charge in [-0.1, -0.05) is 0 Å². The molecule has 0 saturated heterocycles. The molecule has 0 aliphatic rings. The number of nitrogen functional groups attached to an aromatic ring is 1. The first kappa shape index (κ1) is 13.8. The van der Waals surface area contributed by atoms with Gasteiger partial charge in [-0.2, -0.15) is 0 Å². The molecular weight excluding hydrogens is 267 g/mol. The molecule has 0 fully saturated rings. The third-order valence-corrected chi connectivity index (χ3v) is 3.95. The molecule has 0 aliphatic carbocycles. The highest BCUT2D eigenvalue weighted by Gasteiger charge is 2.16. The van der Waals surface area contributed by atoms with Crippen molar-refractivity contribution in [3.05, 3.63) is 28.9 Å². The van der Waals surface area contributed by atoms with Crippen molar-refractivity contribution >= 4 is 33.0 Å². The predicted molar refractivity (Wildman–Crippen MR) is 74.8 cm³/mol. The van der Waals surface area contributed by atoms with Crippen molar-refractivity contribution in [2.24, 2.45) is 0 Å². The number of fused-ring (bicyclic) bond motifs is 1. The molecule has 0 aliphatic heterocycles. The Balaban J connectivity index is 2.16. The van der Waals surface area contributed by atoms with Gasteiger partial charge < -0.3 is 16.2 Å². The van der Waals surface area contributed by atoms with Gasteiger partial charge in [0.15, 0.2) is 0 Å². The molecule has 19 heavy (non-hydrogen) atoms. The fourth-order valence-electron chi connectivity index (χ4n) is 1.78. The van der Waals surface area contributed by atoms with Gasteiger partial charge in [-0.25, -0.2) is 4.39 Å². The standard InChI is InChI=1S/C13H15FN2O2S/c14-8-3-4-10-9(7-8)11(15)12(19-10)13(18)16-5-1-2-6-17/h3-4,7,17H,1-2,5-6,15H2,(H,16,18). The van der Waals surface area contributed by atoms with Gasteiger partial charge in [-0.05, 0) is 31.0 Å². The third kappa shape index (κ3) is 3.02. The minimum absolute atomic E-state index is 0.111. The van der Waals surface area contributed by atoms with Gasteiger partial charge in [0.2, 0.25) is 0 Å². The van der Waals surface area contributed by atoms with Crippen molar-refractivity contribution in [1.29, 1.82) is 0 Å². The van der Waals surface area contributed by atoms with Gasteiger partial charge in [0.25, 0.3) is 5.91 Å². The molecule has 1 aromatic carbocycles. The van der Waals surface area contributed by atoms with E-state index < -0.39 is 0 Å². The first-order valence-corrected chi connectivity index (χ1v) is 6.81. The van der Waals surface area contributed by atoms with Gasteiger partial charge in [-0.3, -0.25) is 4.79 Å². The van der Waals surface area contributed by atoms with Crippen molar-refractivity contribution in [1.82, 2.24) is 5.32 Å². The number of nitrogens with one attached hydrogen (secondary N) is 1. The lowest BCUT2D eigenvalue weighted by molar-refractivity contribution is 0.0957. The number of unbranched alkanes of at least 4 members (excludes halogenated alkanes) is 1. The Kier molecular flexibility index (Phi) is 4.34. The minimum atomic E-state index is -0.369. The molecule has 1 amide bonds. The number of rotatable bonds is 5. The summed E-state index contributed by atoms with van der Waals surface area (Å²) in [6, 6.07) is 4.30. The second-order valence-electron chi connectivity index (χ2n) is 4.17. The SMILES string of the molecule is Nc1c(C(=O)NCCCCO)sc2ccc(F)cc12. The molecule has 4 nitrogen and oxygen atoms in total. The van der Waals surface area contributed by atoms with Crippen LogP contribution in [0.5, 0.6) is 0 Å². The number of hydrogen-bond donors (Lipinski definition) is 3. The van der Waals surface area contributed by atoms with Crippen molar-refractivity contribution in [2.45, 2.75) is 12.8 Å². The lowest BCUT2D eigenvalue weighted by Gasteiger charge is -2.03. The number of hydrogen-bond acceptors (Lipinski definition) is 4. The van der Waals surface area contributed by atoms with Crippen LogP contribution in [-0.2, 0) is 0 Å². The zero-order valence-electron chi connectivity index (χ0n) is 10.3. The predicted octanol–water partition coefficient (Wildman–Crippen LogP) is 2.12. The first-order chi connectivity index (χ1) is 9.13. The summed E-state index contributed by atoms with van der Waals surface area (Å²) in [6.45, 7) is 0.599. The van der Waals surface area contributed by atoms with E-state index in [1.54, 1.807) is 6.07 Å². The summed E-state index contributed by atoms with van der Waals surface area (Å²) in [5, 5.41) is 12.0. The number of nitrogens with two attached hydrogens (primary N) is 1. The van der Waals surface area contributed by atoms with E-state index in [0.29, 0.717) is 35.3 Å². The fraction of sp³-hybridized carbons (Fsp3) is 0.308. The Labute approximate surface area is 114 Å². The number of halogens is 1. The first-order valence-electron chi connectivity index (χ1n) is 6.00. The van der Waals surface area contributed by atoms with Crippen molar-refractivity contribution in [3.63, 3.8) is 0 Å². The van der Waals surface area contributed by atoms with Crippen LogP contribution in [0, 0.1) is 5.82 Å². The molecule has 2 rings (SSSR count). The highest BCUT2D eigenvalue weighted by Crippen LogP contribution is 2.33. The Hall–Kier alpha value is -1.66. The van der Waals surface area contributed by atoms with E-state index in [-0.39, 0.29) is 18.3 Å². The van der Waals surface area contributed by atoms with Gasteiger partial charge in [0.1, 0.15) is 10.7 Å². The zero-order valence-corrected chi connectivity index (χ0v) is 11.1. The van der Waals surface area contributed by atoms with Gasteiger partial charge in [0.05, 0.1) is 5.69 Å². The van der Waals surface area contributed by atoms with E-state index in [0.717, 1.165) is 4.70 Å². The van der Waals surface area contributed by atoms with Crippen molar-refractivity contribution < 1.29 is 14.3 Å². The number of anilines is 1. The molecule has 0 unspecified atom stereocenters. The lowest BCUT2D eigenvalue weighted by atomic mass is 10.2. The average molecular weight is 282 g/mol. The highest BCUT2D eigenvalue weighted by molar-refractivity contribution is 7.21. The minimum Gasteiger partial charge on any atom is -0.397 e. The zero-order chi connectivity index (χ0) is 13.8. The molecule has 4 N–H and O–H groups in total. The largest absolute Gasteiger partial charge is 0.397 e. The summed E-state index contributed by atoms with van der Waals surface area (Å²) in [5.74, 6) is -0.621. The monoisotopic (exact) mass is 282 g/mol. The molecule has 0 radical (unpaired) electrons. The number of carbonyl (C=O) groups is 1. The summed E-state index contributed by atoms with van der Waals surface area (Å²) in [6.07, 6.45) is 1.36. The second kappa shape index (κ2) is 5.99. The van der Waals surface area contributed by atoms with Gasteiger partial charge in [-0.15, -0.1) is 11.3 Å². The topological polar surface area (TPSA) is 75.4 Å².